The zero-order chi connectivity index (χ0) is 45.1. The molecule has 0 fully saturated rings. The Labute approximate surface area is 382 Å². The number of carbonyl (C=O) groups excluding carboxylic acids is 3. The van der Waals surface area contributed by atoms with E-state index in [9.17, 15) is 14.4 Å². The lowest BCUT2D eigenvalue weighted by molar-refractivity contribution is -0.167. The van der Waals surface area contributed by atoms with E-state index in [-0.39, 0.29) is 31.1 Å². The maximum atomic E-state index is 12.8. The molecule has 0 aliphatic heterocycles. The summed E-state index contributed by atoms with van der Waals surface area (Å²) in [5.41, 5.74) is 0. The largest absolute Gasteiger partial charge is 0.462 e. The van der Waals surface area contributed by atoms with Crippen molar-refractivity contribution in [3.05, 3.63) is 72.9 Å². The van der Waals surface area contributed by atoms with Crippen molar-refractivity contribution in [3.8, 4) is 0 Å². The molecular weight excluding hydrogens is 769 g/mol. The molecule has 6 nitrogen and oxygen atoms in total. The van der Waals surface area contributed by atoms with Gasteiger partial charge in [-0.2, -0.15) is 0 Å². The first-order valence-corrected chi connectivity index (χ1v) is 26.0. The Kier molecular flexibility index (Phi) is 47.9. The van der Waals surface area contributed by atoms with Gasteiger partial charge in [-0.15, -0.1) is 0 Å². The van der Waals surface area contributed by atoms with Crippen molar-refractivity contribution in [1.82, 2.24) is 0 Å². The summed E-state index contributed by atoms with van der Waals surface area (Å²) in [5.74, 6) is -0.966. The van der Waals surface area contributed by atoms with Crippen molar-refractivity contribution < 1.29 is 28.6 Å². The minimum atomic E-state index is -0.801. The van der Waals surface area contributed by atoms with Crippen molar-refractivity contribution in [2.24, 2.45) is 0 Å². The van der Waals surface area contributed by atoms with Gasteiger partial charge in [0.1, 0.15) is 13.2 Å². The minimum Gasteiger partial charge on any atom is -0.462 e. The van der Waals surface area contributed by atoms with E-state index < -0.39 is 6.10 Å². The van der Waals surface area contributed by atoms with E-state index in [0.717, 1.165) is 83.5 Å². The van der Waals surface area contributed by atoms with Gasteiger partial charge in [-0.25, -0.2) is 0 Å². The van der Waals surface area contributed by atoms with Gasteiger partial charge in [0.25, 0.3) is 0 Å². The predicted octanol–water partition coefficient (Wildman–Crippen LogP) is 17.0. The Morgan fingerprint density at radius 2 is 0.694 bits per heavy atom. The molecule has 0 saturated heterocycles. The normalized spacial score (nSPS) is 12.6. The number of rotatable bonds is 46. The van der Waals surface area contributed by atoms with E-state index in [2.05, 4.69) is 93.7 Å². The highest BCUT2D eigenvalue weighted by Crippen LogP contribution is 2.14. The molecule has 0 aliphatic carbocycles. The first-order valence-electron chi connectivity index (χ1n) is 26.0. The fraction of sp³-hybridized carbons (Fsp3) is 0.732. The Morgan fingerprint density at radius 1 is 0.355 bits per heavy atom. The van der Waals surface area contributed by atoms with Crippen LogP contribution in [0.2, 0.25) is 0 Å². The second kappa shape index (κ2) is 50.5. The van der Waals surface area contributed by atoms with Crippen LogP contribution < -0.4 is 0 Å². The summed E-state index contributed by atoms with van der Waals surface area (Å²) in [6.07, 6.45) is 63.3. The van der Waals surface area contributed by atoms with Crippen LogP contribution in [-0.2, 0) is 28.6 Å². The van der Waals surface area contributed by atoms with Crippen LogP contribution >= 0.6 is 0 Å². The zero-order valence-corrected chi connectivity index (χ0v) is 40.6. The van der Waals surface area contributed by atoms with Crippen molar-refractivity contribution >= 4 is 17.9 Å². The summed E-state index contributed by atoms with van der Waals surface area (Å²) in [6.45, 7) is 6.44. The number of unbranched alkanes of at least 4 members (excludes halogenated alkanes) is 24. The number of esters is 3. The average molecular weight is 865 g/mol. The molecule has 0 aliphatic rings. The molecule has 0 aromatic heterocycles. The number of allylic oxidation sites excluding steroid dienone is 12. The Bertz CT molecular complexity index is 1180. The molecule has 62 heavy (non-hydrogen) atoms. The van der Waals surface area contributed by atoms with Gasteiger partial charge >= 0.3 is 17.9 Å². The molecule has 1 atom stereocenters. The highest BCUT2D eigenvalue weighted by Gasteiger charge is 2.19. The third kappa shape index (κ3) is 47.9. The van der Waals surface area contributed by atoms with Gasteiger partial charge in [0, 0.05) is 19.3 Å². The lowest BCUT2D eigenvalue weighted by Crippen LogP contribution is -2.30. The molecule has 356 valence electrons. The van der Waals surface area contributed by atoms with E-state index in [4.69, 9.17) is 14.2 Å². The van der Waals surface area contributed by atoms with E-state index in [0.29, 0.717) is 25.7 Å². The van der Waals surface area contributed by atoms with Crippen LogP contribution in [0.1, 0.15) is 245 Å². The second-order valence-corrected chi connectivity index (χ2v) is 17.1. The predicted molar refractivity (Wildman–Crippen MR) is 265 cm³/mol. The fourth-order valence-corrected chi connectivity index (χ4v) is 7.04. The lowest BCUT2D eigenvalue weighted by Gasteiger charge is -2.18. The zero-order valence-electron chi connectivity index (χ0n) is 40.6. The van der Waals surface area contributed by atoms with Crippen molar-refractivity contribution in [2.75, 3.05) is 13.2 Å². The van der Waals surface area contributed by atoms with Gasteiger partial charge in [0.15, 0.2) is 6.10 Å². The summed E-state index contributed by atoms with van der Waals surface area (Å²) in [4.78, 5) is 37.9. The summed E-state index contributed by atoms with van der Waals surface area (Å²) in [6, 6.07) is 0. The average Bonchev–Trinajstić information content (AvgIpc) is 3.27. The van der Waals surface area contributed by atoms with Crippen molar-refractivity contribution in [3.63, 3.8) is 0 Å². The van der Waals surface area contributed by atoms with E-state index in [1.165, 1.54) is 116 Å². The molecule has 1 unspecified atom stereocenters. The van der Waals surface area contributed by atoms with Crippen LogP contribution in [-0.4, -0.2) is 37.2 Å². The summed E-state index contributed by atoms with van der Waals surface area (Å²) < 4.78 is 16.7. The Balaban J connectivity index is 4.37. The van der Waals surface area contributed by atoms with Crippen LogP contribution in [0.25, 0.3) is 0 Å². The van der Waals surface area contributed by atoms with Crippen LogP contribution in [0.15, 0.2) is 72.9 Å². The van der Waals surface area contributed by atoms with E-state index in [1.807, 2.05) is 0 Å². The van der Waals surface area contributed by atoms with Gasteiger partial charge in [-0.3, -0.25) is 14.4 Å². The van der Waals surface area contributed by atoms with Crippen LogP contribution in [0.4, 0.5) is 0 Å². The molecule has 0 radical (unpaired) electrons. The number of ether oxygens (including phenoxy) is 3. The molecule has 0 bridgehead atoms. The molecule has 0 saturated carbocycles. The molecule has 0 spiro atoms. The molecule has 0 N–H and O–H groups in total. The quantitative estimate of drug-likeness (QED) is 0.0199. The summed E-state index contributed by atoms with van der Waals surface area (Å²) in [5, 5.41) is 0. The molecule has 0 heterocycles. The van der Waals surface area contributed by atoms with Gasteiger partial charge in [0.05, 0.1) is 0 Å². The van der Waals surface area contributed by atoms with Gasteiger partial charge in [-0.05, 0) is 96.3 Å². The molecular formula is C56H96O6. The third-order valence-electron chi connectivity index (χ3n) is 10.9. The van der Waals surface area contributed by atoms with Crippen molar-refractivity contribution in [1.29, 1.82) is 0 Å². The maximum Gasteiger partial charge on any atom is 0.306 e. The monoisotopic (exact) mass is 865 g/mol. The van der Waals surface area contributed by atoms with E-state index in [1.54, 1.807) is 0 Å². The smallest absolute Gasteiger partial charge is 0.306 e. The highest BCUT2D eigenvalue weighted by atomic mass is 16.6. The summed E-state index contributed by atoms with van der Waals surface area (Å²) in [7, 11) is 0. The maximum absolute atomic E-state index is 12.8. The molecule has 0 amide bonds. The minimum absolute atomic E-state index is 0.0975. The number of carbonyl (C=O) groups is 3. The van der Waals surface area contributed by atoms with E-state index >= 15 is 0 Å². The van der Waals surface area contributed by atoms with Gasteiger partial charge in [-0.1, -0.05) is 203 Å². The SMILES string of the molecule is CC/C=C\C/C=C\C/C=C\CCCCCCCCCCCC(=O)OCC(COC(=O)CCC/C=C\CCCCCC)OC(=O)CCCCC/C=C\C=C/CCCCCCCCC. The number of hydrogen-bond acceptors (Lipinski definition) is 6. The Hall–Kier alpha value is -3.15. The van der Waals surface area contributed by atoms with Crippen LogP contribution in [0, 0.1) is 0 Å². The second-order valence-electron chi connectivity index (χ2n) is 17.1. The molecule has 0 rings (SSSR count). The van der Waals surface area contributed by atoms with Crippen molar-refractivity contribution in [2.45, 2.75) is 252 Å². The molecule has 0 aromatic carbocycles. The first-order chi connectivity index (χ1) is 30.5. The number of hydrogen-bond donors (Lipinski definition) is 0. The van der Waals surface area contributed by atoms with Crippen LogP contribution in [0.5, 0.6) is 0 Å². The highest BCUT2D eigenvalue weighted by molar-refractivity contribution is 5.71. The van der Waals surface area contributed by atoms with Gasteiger partial charge in [0.2, 0.25) is 0 Å². The Morgan fingerprint density at radius 3 is 1.19 bits per heavy atom. The molecule has 0 aromatic rings. The topological polar surface area (TPSA) is 78.9 Å². The van der Waals surface area contributed by atoms with Crippen LogP contribution in [0.3, 0.4) is 0 Å². The fourth-order valence-electron chi connectivity index (χ4n) is 7.04. The first kappa shape index (κ1) is 58.9. The lowest BCUT2D eigenvalue weighted by atomic mass is 10.1. The molecule has 6 heteroatoms. The summed E-state index contributed by atoms with van der Waals surface area (Å²) >= 11 is 0. The standard InChI is InChI=1S/C56H96O6/c1-4-7-10-13-16-19-21-23-25-27-28-29-31-32-34-37-40-43-46-49-55(58)61-52-53(51-60-54(57)48-45-42-39-36-18-15-12-9-6-3)62-56(59)50-47-44-41-38-35-33-30-26-24-22-20-17-14-11-8-5-2/h7,10,16,19,23,25-26,30,33,35-36,39,53H,4-6,8-9,11-15,17-18,20-22,24,27-29,31-32,34,37-38,40-52H2,1-3H3/b10-7-,19-16-,25-23-,30-26-,35-33-,39-36-. The van der Waals surface area contributed by atoms with Gasteiger partial charge < -0.3 is 14.2 Å². The third-order valence-corrected chi connectivity index (χ3v) is 10.9.